The molecule has 0 aliphatic rings. The number of ether oxygens (including phenoxy) is 1. The van der Waals surface area contributed by atoms with Gasteiger partial charge in [-0.25, -0.2) is 4.79 Å². The van der Waals surface area contributed by atoms with Crippen molar-refractivity contribution in [3.63, 3.8) is 0 Å². The molecule has 4 heteroatoms. The number of esters is 1. The summed E-state index contributed by atoms with van der Waals surface area (Å²) >= 11 is 0. The maximum Gasteiger partial charge on any atom is 0.328 e. The van der Waals surface area contributed by atoms with Crippen LogP contribution >= 0.6 is 0 Å². The van der Waals surface area contributed by atoms with Crippen LogP contribution in [0.5, 0.6) is 0 Å². The number of amides is 1. The molecule has 110 valence electrons. The van der Waals surface area contributed by atoms with Gasteiger partial charge < -0.3 is 10.1 Å². The van der Waals surface area contributed by atoms with Crippen LogP contribution in [-0.2, 0) is 14.3 Å². The van der Waals surface area contributed by atoms with Gasteiger partial charge in [0.05, 0.1) is 7.11 Å². The molecule has 0 saturated heterocycles. The van der Waals surface area contributed by atoms with E-state index in [9.17, 15) is 9.59 Å². The van der Waals surface area contributed by atoms with Crippen molar-refractivity contribution in [1.29, 1.82) is 0 Å². The molecule has 4 nitrogen and oxygen atoms in total. The molecule has 0 heterocycles. The fraction of sp³-hybridized carbons (Fsp3) is 0.375. The highest BCUT2D eigenvalue weighted by atomic mass is 16.5. The number of carbonyl (C=O) groups excluding carboxylic acids is 2. The molecule has 0 fully saturated rings. The van der Waals surface area contributed by atoms with Crippen LogP contribution in [0.25, 0.3) is 6.08 Å². The summed E-state index contributed by atoms with van der Waals surface area (Å²) in [4.78, 5) is 22.4. The van der Waals surface area contributed by atoms with Crippen LogP contribution in [0.15, 0.2) is 36.4 Å². The molecule has 1 aromatic carbocycles. The number of carbonyl (C=O) groups is 2. The zero-order valence-corrected chi connectivity index (χ0v) is 12.6. The van der Waals surface area contributed by atoms with Gasteiger partial charge in [0.15, 0.2) is 0 Å². The van der Waals surface area contributed by atoms with Gasteiger partial charge in [0, 0.05) is 6.92 Å². The first kappa shape index (κ1) is 17.9. The molecule has 0 spiro atoms. The highest BCUT2D eigenvalue weighted by molar-refractivity contribution is 5.83. The van der Waals surface area contributed by atoms with Crippen LogP contribution in [0.3, 0.4) is 0 Å². The van der Waals surface area contributed by atoms with Gasteiger partial charge in [0.25, 0.3) is 0 Å². The van der Waals surface area contributed by atoms with Crippen LogP contribution in [0.4, 0.5) is 0 Å². The summed E-state index contributed by atoms with van der Waals surface area (Å²) in [6, 6.07) is 9.10. The van der Waals surface area contributed by atoms with Crippen LogP contribution in [0.1, 0.15) is 32.8 Å². The molecule has 1 amide bonds. The van der Waals surface area contributed by atoms with E-state index in [1.807, 2.05) is 56.3 Å². The van der Waals surface area contributed by atoms with Gasteiger partial charge in [-0.1, -0.05) is 56.3 Å². The average molecular weight is 277 g/mol. The Labute approximate surface area is 120 Å². The summed E-state index contributed by atoms with van der Waals surface area (Å²) in [7, 11) is 1.30. The fourth-order valence-electron chi connectivity index (χ4n) is 1.51. The normalized spacial score (nSPS) is 11.2. The zero-order valence-electron chi connectivity index (χ0n) is 12.6. The van der Waals surface area contributed by atoms with E-state index >= 15 is 0 Å². The van der Waals surface area contributed by atoms with Gasteiger partial charge in [0.2, 0.25) is 5.91 Å². The first-order valence-corrected chi connectivity index (χ1v) is 6.70. The summed E-state index contributed by atoms with van der Waals surface area (Å²) in [5, 5.41) is 2.55. The molecule has 0 radical (unpaired) electrons. The lowest BCUT2D eigenvalue weighted by Crippen LogP contribution is -2.39. The fourth-order valence-corrected chi connectivity index (χ4v) is 1.51. The third-order valence-corrected chi connectivity index (χ3v) is 2.34. The molecule has 1 atom stereocenters. The van der Waals surface area contributed by atoms with Gasteiger partial charge in [0.1, 0.15) is 6.04 Å². The Morgan fingerprint density at radius 3 is 2.35 bits per heavy atom. The molecule has 0 unspecified atom stereocenters. The van der Waals surface area contributed by atoms with Crippen molar-refractivity contribution >= 4 is 18.0 Å². The van der Waals surface area contributed by atoms with E-state index in [2.05, 4.69) is 10.1 Å². The highest BCUT2D eigenvalue weighted by Crippen LogP contribution is 2.04. The molecule has 0 saturated carbocycles. The molecule has 1 N–H and O–H groups in total. The number of rotatable bonds is 5. The Balaban J connectivity index is 0.00000172. The maximum absolute atomic E-state index is 11.4. The number of methoxy groups -OCH3 is 1. The SMILES string of the molecule is CC.COC(=O)[C@H](C/C=C/c1ccccc1)NC(C)=O. The molecule has 0 aliphatic carbocycles. The molecule has 1 rings (SSSR count). The van der Waals surface area contributed by atoms with Gasteiger partial charge in [-0.15, -0.1) is 0 Å². The molecule has 0 aliphatic heterocycles. The number of benzene rings is 1. The predicted molar refractivity (Wildman–Crippen MR) is 81.1 cm³/mol. The topological polar surface area (TPSA) is 55.4 Å². The molecular weight excluding hydrogens is 254 g/mol. The molecule has 20 heavy (non-hydrogen) atoms. The minimum Gasteiger partial charge on any atom is -0.467 e. The Morgan fingerprint density at radius 2 is 1.85 bits per heavy atom. The van der Waals surface area contributed by atoms with Crippen LogP contribution < -0.4 is 5.32 Å². The zero-order chi connectivity index (χ0) is 15.4. The number of nitrogens with one attached hydrogen (secondary N) is 1. The maximum atomic E-state index is 11.4. The lowest BCUT2D eigenvalue weighted by molar-refractivity contribution is -0.144. The summed E-state index contributed by atoms with van der Waals surface area (Å²) < 4.78 is 4.63. The second-order valence-corrected chi connectivity index (χ2v) is 3.83. The average Bonchev–Trinajstić information content (AvgIpc) is 2.48. The summed E-state index contributed by atoms with van der Waals surface area (Å²) in [5.74, 6) is -0.693. The van der Waals surface area contributed by atoms with E-state index in [0.29, 0.717) is 6.42 Å². The Hall–Kier alpha value is -2.10. The van der Waals surface area contributed by atoms with E-state index < -0.39 is 12.0 Å². The first-order chi connectivity index (χ1) is 9.63. The largest absolute Gasteiger partial charge is 0.467 e. The summed E-state index contributed by atoms with van der Waals surface area (Å²) in [5.41, 5.74) is 1.05. The van der Waals surface area contributed by atoms with E-state index in [-0.39, 0.29) is 5.91 Å². The summed E-state index contributed by atoms with van der Waals surface area (Å²) in [6.45, 7) is 5.37. The second-order valence-electron chi connectivity index (χ2n) is 3.83. The van der Waals surface area contributed by atoms with Crippen molar-refractivity contribution in [3.8, 4) is 0 Å². The first-order valence-electron chi connectivity index (χ1n) is 6.70. The molecule has 0 aromatic heterocycles. The Morgan fingerprint density at radius 1 is 1.25 bits per heavy atom. The monoisotopic (exact) mass is 277 g/mol. The van der Waals surface area contributed by atoms with E-state index in [0.717, 1.165) is 5.56 Å². The molecule has 1 aromatic rings. The van der Waals surface area contributed by atoms with Gasteiger partial charge >= 0.3 is 5.97 Å². The molecule has 0 bridgehead atoms. The van der Waals surface area contributed by atoms with Crippen molar-refractivity contribution in [3.05, 3.63) is 42.0 Å². The Kier molecular flexibility index (Phi) is 9.66. The standard InChI is InChI=1S/C14H17NO3.C2H6/c1-11(16)15-13(14(17)18-2)10-6-9-12-7-4-3-5-8-12;1-2/h3-9,13H,10H2,1-2H3,(H,15,16);1-2H3/b9-6+;/t13-;/m0./s1. The summed E-state index contributed by atoms with van der Waals surface area (Å²) in [6.07, 6.45) is 4.14. The van der Waals surface area contributed by atoms with Crippen molar-refractivity contribution in [2.24, 2.45) is 0 Å². The molecular formula is C16H23NO3. The van der Waals surface area contributed by atoms with E-state index in [4.69, 9.17) is 0 Å². The quantitative estimate of drug-likeness (QED) is 0.842. The van der Waals surface area contributed by atoms with Gasteiger partial charge in [-0.2, -0.15) is 0 Å². The lowest BCUT2D eigenvalue weighted by Gasteiger charge is -2.12. The van der Waals surface area contributed by atoms with Crippen LogP contribution in [-0.4, -0.2) is 25.0 Å². The minimum atomic E-state index is -0.632. The number of hydrogen-bond donors (Lipinski definition) is 1. The van der Waals surface area contributed by atoms with E-state index in [1.165, 1.54) is 14.0 Å². The van der Waals surface area contributed by atoms with Crippen LogP contribution in [0.2, 0.25) is 0 Å². The van der Waals surface area contributed by atoms with Gasteiger partial charge in [-0.3, -0.25) is 4.79 Å². The highest BCUT2D eigenvalue weighted by Gasteiger charge is 2.17. The van der Waals surface area contributed by atoms with Crippen molar-refractivity contribution in [2.45, 2.75) is 33.2 Å². The second kappa shape index (κ2) is 10.8. The predicted octanol–water partition coefficient (Wildman–Crippen LogP) is 2.79. The third kappa shape index (κ3) is 7.36. The van der Waals surface area contributed by atoms with Crippen LogP contribution in [0, 0.1) is 0 Å². The Bertz CT molecular complexity index is 427. The van der Waals surface area contributed by atoms with Crippen molar-refractivity contribution in [1.82, 2.24) is 5.32 Å². The minimum absolute atomic E-state index is 0.251. The van der Waals surface area contributed by atoms with Gasteiger partial charge in [-0.05, 0) is 12.0 Å². The lowest BCUT2D eigenvalue weighted by atomic mass is 10.1. The van der Waals surface area contributed by atoms with E-state index in [1.54, 1.807) is 0 Å². The third-order valence-electron chi connectivity index (χ3n) is 2.34. The van der Waals surface area contributed by atoms with Crippen molar-refractivity contribution in [2.75, 3.05) is 7.11 Å². The smallest absolute Gasteiger partial charge is 0.328 e. The van der Waals surface area contributed by atoms with Crippen molar-refractivity contribution < 1.29 is 14.3 Å². The number of hydrogen-bond acceptors (Lipinski definition) is 3.